The van der Waals surface area contributed by atoms with E-state index >= 15 is 0 Å². The number of benzene rings is 3. The number of fused-ring (bicyclic) bond motifs is 3. The van der Waals surface area contributed by atoms with Crippen molar-refractivity contribution in [3.63, 3.8) is 0 Å². The van der Waals surface area contributed by atoms with Gasteiger partial charge in [-0.1, -0.05) is 104 Å². The average Bonchev–Trinajstić information content (AvgIpc) is 3.78. The monoisotopic (exact) mass is 866 g/mol. The molecule has 0 atom stereocenters. The van der Waals surface area contributed by atoms with Crippen molar-refractivity contribution in [2.24, 2.45) is 10.8 Å². The average molecular weight is 866 g/mol. The SMILES string of the molecule is CC(C)(C)c1cc(-c2ncnc3sc(-c4cccc5ccoc45)cc23)[c-]c2ccccc12.CCC(C)(CC)C(=O)/C=C(\O)C(C)(CC)CC.[Ir]. The second-order valence-corrected chi connectivity index (χ2v) is 15.5. The molecule has 0 fully saturated rings. The fraction of sp³-hybridized carbons (Fsp3) is 0.372. The number of hydrogen-bond donors (Lipinski definition) is 1. The van der Waals surface area contributed by atoms with E-state index in [1.807, 2.05) is 47.6 Å². The number of ketones is 1. The topological polar surface area (TPSA) is 76.2 Å². The molecule has 0 unspecified atom stereocenters. The van der Waals surface area contributed by atoms with Gasteiger partial charge in [-0.25, -0.2) is 4.98 Å². The standard InChI is InChI=1S/C28H21N2OS.C15H28O2.Ir/c1-28(2,3)23-14-19(13-18-7-4-5-9-20(18)23)25-22-15-24(32-27(22)30-16-29-25)21-10-6-8-17-11-12-31-26(17)21;1-7-14(5,8-2)12(16)11-13(17)15(6,9-3)10-4;/h4-12,14-16H,1-3H3;11,16H,7-10H2,1-6H3;/q-1;;/b;12-11-;. The van der Waals surface area contributed by atoms with Gasteiger partial charge in [0, 0.05) is 63.9 Å². The summed E-state index contributed by atoms with van der Waals surface area (Å²) in [7, 11) is 0. The van der Waals surface area contributed by atoms with E-state index in [0.717, 1.165) is 74.0 Å². The van der Waals surface area contributed by atoms with Crippen LogP contribution in [0.15, 0.2) is 89.5 Å². The maximum Gasteiger partial charge on any atom is 0.164 e. The number of aromatic nitrogens is 2. The van der Waals surface area contributed by atoms with Gasteiger partial charge in [-0.15, -0.1) is 40.5 Å². The number of para-hydroxylation sites is 1. The van der Waals surface area contributed by atoms with E-state index < -0.39 is 0 Å². The van der Waals surface area contributed by atoms with E-state index in [0.29, 0.717) is 0 Å². The van der Waals surface area contributed by atoms with Gasteiger partial charge in [0.1, 0.15) is 22.5 Å². The van der Waals surface area contributed by atoms with Crippen LogP contribution in [0.3, 0.4) is 0 Å². The molecule has 0 saturated carbocycles. The van der Waals surface area contributed by atoms with Crippen LogP contribution in [0.4, 0.5) is 0 Å². The number of nitrogens with zero attached hydrogens (tertiary/aromatic N) is 2. The first kappa shape index (κ1) is 39.2. The van der Waals surface area contributed by atoms with E-state index in [-0.39, 0.29) is 47.9 Å². The molecule has 0 amide bonds. The first-order chi connectivity index (χ1) is 23.3. The van der Waals surface area contributed by atoms with Crippen molar-refractivity contribution in [1.82, 2.24) is 9.97 Å². The molecule has 50 heavy (non-hydrogen) atoms. The molecule has 3 aromatic carbocycles. The third-order valence-corrected chi connectivity index (χ3v) is 11.6. The Bertz CT molecular complexity index is 2130. The Morgan fingerprint density at radius 1 is 0.860 bits per heavy atom. The van der Waals surface area contributed by atoms with Crippen LogP contribution < -0.4 is 0 Å². The van der Waals surface area contributed by atoms with E-state index in [1.165, 1.54) is 17.0 Å². The maximum atomic E-state index is 12.2. The van der Waals surface area contributed by atoms with Gasteiger partial charge in [-0.05, 0) is 49.3 Å². The molecule has 7 heteroatoms. The molecular formula is C43H49IrN2O3S-. The van der Waals surface area contributed by atoms with Gasteiger partial charge in [0.05, 0.1) is 6.26 Å². The molecule has 5 nitrogen and oxygen atoms in total. The Balaban J connectivity index is 0.000000269. The van der Waals surface area contributed by atoms with Gasteiger partial charge < -0.3 is 9.52 Å². The Kier molecular flexibility index (Phi) is 12.3. The van der Waals surface area contributed by atoms with E-state index in [9.17, 15) is 9.90 Å². The van der Waals surface area contributed by atoms with Crippen LogP contribution in [0.5, 0.6) is 0 Å². The number of furan rings is 1. The third kappa shape index (κ3) is 7.81. The number of thiophene rings is 1. The van der Waals surface area contributed by atoms with Crippen molar-refractivity contribution < 1.29 is 34.4 Å². The maximum absolute atomic E-state index is 12.2. The molecule has 265 valence electrons. The van der Waals surface area contributed by atoms with E-state index in [2.05, 4.69) is 86.4 Å². The number of rotatable bonds is 9. The number of carbonyl (C=O) groups excluding carboxylic acids is 1. The zero-order chi connectivity index (χ0) is 35.6. The van der Waals surface area contributed by atoms with E-state index in [1.54, 1.807) is 23.9 Å². The molecule has 0 aliphatic rings. The smallest absolute Gasteiger partial charge is 0.164 e. The quantitative estimate of drug-likeness (QED) is 0.0890. The van der Waals surface area contributed by atoms with Gasteiger partial charge in [0.15, 0.2) is 5.78 Å². The Morgan fingerprint density at radius 3 is 2.20 bits per heavy atom. The van der Waals surface area contributed by atoms with Crippen LogP contribution in [0.25, 0.3) is 53.7 Å². The summed E-state index contributed by atoms with van der Waals surface area (Å²) >= 11 is 1.67. The predicted molar refractivity (Wildman–Crippen MR) is 206 cm³/mol. The molecule has 6 rings (SSSR count). The first-order valence-corrected chi connectivity index (χ1v) is 18.2. The minimum absolute atomic E-state index is 0. The second kappa shape index (κ2) is 15.7. The molecular weight excluding hydrogens is 817 g/mol. The molecule has 0 aliphatic heterocycles. The molecule has 3 aromatic heterocycles. The van der Waals surface area contributed by atoms with Crippen LogP contribution in [-0.2, 0) is 30.3 Å². The molecule has 0 aliphatic carbocycles. The Labute approximate surface area is 314 Å². The summed E-state index contributed by atoms with van der Waals surface area (Å²) in [4.78, 5) is 23.6. The summed E-state index contributed by atoms with van der Waals surface area (Å²) in [5.74, 6) is 0.286. The fourth-order valence-corrected chi connectivity index (χ4v) is 7.07. The number of hydrogen-bond acceptors (Lipinski definition) is 6. The normalized spacial score (nSPS) is 12.5. The molecule has 0 bridgehead atoms. The van der Waals surface area contributed by atoms with Crippen LogP contribution in [0.1, 0.15) is 93.6 Å². The minimum atomic E-state index is -0.337. The second-order valence-electron chi connectivity index (χ2n) is 14.5. The number of allylic oxidation sites excluding steroid dienone is 2. The third-order valence-electron chi connectivity index (χ3n) is 10.5. The Morgan fingerprint density at radius 2 is 1.54 bits per heavy atom. The fourth-order valence-electron chi connectivity index (χ4n) is 6.05. The zero-order valence-corrected chi connectivity index (χ0v) is 33.9. The predicted octanol–water partition coefficient (Wildman–Crippen LogP) is 12.7. The van der Waals surface area contributed by atoms with Crippen LogP contribution >= 0.6 is 11.3 Å². The first-order valence-electron chi connectivity index (χ1n) is 17.4. The van der Waals surface area contributed by atoms with E-state index in [4.69, 9.17) is 9.40 Å². The van der Waals surface area contributed by atoms with Crippen molar-refractivity contribution >= 4 is 49.1 Å². The van der Waals surface area contributed by atoms with Crippen molar-refractivity contribution in [1.29, 1.82) is 0 Å². The molecule has 6 aromatic rings. The van der Waals surface area contributed by atoms with Crippen LogP contribution in [0, 0.1) is 16.9 Å². The number of aliphatic hydroxyl groups is 1. The summed E-state index contributed by atoms with van der Waals surface area (Å²) < 4.78 is 5.78. The molecule has 1 radical (unpaired) electrons. The van der Waals surface area contributed by atoms with Gasteiger partial charge in [0.2, 0.25) is 0 Å². The molecule has 1 N–H and O–H groups in total. The van der Waals surface area contributed by atoms with Crippen LogP contribution in [-0.4, -0.2) is 20.9 Å². The summed E-state index contributed by atoms with van der Waals surface area (Å²) in [6.45, 7) is 18.8. The Hall–Kier alpha value is -3.64. The minimum Gasteiger partial charge on any atom is -0.512 e. The zero-order valence-electron chi connectivity index (χ0n) is 30.7. The van der Waals surface area contributed by atoms with Crippen molar-refractivity contribution in [3.05, 3.63) is 96.7 Å². The largest absolute Gasteiger partial charge is 0.512 e. The van der Waals surface area contributed by atoms with Gasteiger partial charge in [-0.2, -0.15) is 0 Å². The van der Waals surface area contributed by atoms with Gasteiger partial charge in [-0.3, -0.25) is 9.78 Å². The summed E-state index contributed by atoms with van der Waals surface area (Å²) in [5, 5.41) is 14.6. The van der Waals surface area contributed by atoms with Gasteiger partial charge in [0.25, 0.3) is 0 Å². The number of carbonyl (C=O) groups is 1. The van der Waals surface area contributed by atoms with Crippen molar-refractivity contribution in [2.45, 2.75) is 93.4 Å². The molecule has 0 saturated heterocycles. The summed E-state index contributed by atoms with van der Waals surface area (Å²) in [5.41, 5.74) is 4.60. The van der Waals surface area contributed by atoms with Gasteiger partial charge >= 0.3 is 0 Å². The summed E-state index contributed by atoms with van der Waals surface area (Å²) in [6.07, 6.45) is 8.15. The molecule has 3 heterocycles. The number of aliphatic hydroxyl groups excluding tert-OH is 1. The summed E-state index contributed by atoms with van der Waals surface area (Å²) in [6, 6.07) is 24.7. The molecule has 0 spiro atoms. The van der Waals surface area contributed by atoms with Crippen molar-refractivity contribution in [2.75, 3.05) is 0 Å². The van der Waals surface area contributed by atoms with Crippen LogP contribution in [0.2, 0.25) is 0 Å². The van der Waals surface area contributed by atoms with Crippen molar-refractivity contribution in [3.8, 4) is 21.7 Å².